The van der Waals surface area contributed by atoms with Gasteiger partial charge in [-0.2, -0.15) is 4.98 Å². The number of aromatic nitrogens is 2. The molecule has 5 nitrogen and oxygen atoms in total. The maximum absolute atomic E-state index is 7.38. The summed E-state index contributed by atoms with van der Waals surface area (Å²) in [5.41, 5.74) is 6.37. The van der Waals surface area contributed by atoms with Gasteiger partial charge < -0.3 is 10.5 Å². The Morgan fingerprint density at radius 2 is 2.11 bits per heavy atom. The van der Waals surface area contributed by atoms with Crippen molar-refractivity contribution >= 4 is 33.4 Å². The predicted molar refractivity (Wildman–Crippen MR) is 77.0 cm³/mol. The number of nitrogens with zero attached hydrogens (tertiary/aromatic N) is 2. The Bertz CT molecular complexity index is 648. The number of hydrogen-bond acceptors (Lipinski definition) is 4. The molecule has 98 valence electrons. The van der Waals surface area contributed by atoms with Gasteiger partial charge in [-0.25, -0.2) is 4.98 Å². The molecule has 19 heavy (non-hydrogen) atoms. The van der Waals surface area contributed by atoms with Crippen LogP contribution in [-0.4, -0.2) is 15.8 Å². The van der Waals surface area contributed by atoms with Gasteiger partial charge in [0.15, 0.2) is 0 Å². The Balaban J connectivity index is 2.35. The van der Waals surface area contributed by atoms with Gasteiger partial charge in [0, 0.05) is 10.2 Å². The largest absolute Gasteiger partial charge is 0.423 e. The quantitative estimate of drug-likeness (QED) is 0.663. The number of nitrogens with two attached hydrogens (primary N) is 1. The summed E-state index contributed by atoms with van der Waals surface area (Å²) in [6.45, 7) is 1.77. The third kappa shape index (κ3) is 3.42. The number of benzene rings is 1. The fourth-order valence-electron chi connectivity index (χ4n) is 1.38. The van der Waals surface area contributed by atoms with Gasteiger partial charge in [0.05, 0.1) is 5.02 Å². The second-order valence-electron chi connectivity index (χ2n) is 3.77. The number of halogens is 2. The van der Waals surface area contributed by atoms with Gasteiger partial charge in [-0.1, -0.05) is 27.5 Å². The van der Waals surface area contributed by atoms with Crippen molar-refractivity contribution in [1.29, 1.82) is 5.41 Å². The Morgan fingerprint density at radius 3 is 2.74 bits per heavy atom. The van der Waals surface area contributed by atoms with E-state index in [-0.39, 0.29) is 11.8 Å². The third-order valence-corrected chi connectivity index (χ3v) is 2.99. The van der Waals surface area contributed by atoms with Gasteiger partial charge in [0.1, 0.15) is 17.3 Å². The average molecular weight is 342 g/mol. The number of nitrogens with one attached hydrogen (secondary N) is 1. The molecule has 2 rings (SSSR count). The van der Waals surface area contributed by atoms with Crippen molar-refractivity contribution < 1.29 is 4.74 Å². The van der Waals surface area contributed by atoms with E-state index in [0.29, 0.717) is 22.2 Å². The zero-order chi connectivity index (χ0) is 14.0. The van der Waals surface area contributed by atoms with E-state index < -0.39 is 0 Å². The minimum atomic E-state index is -0.141. The first-order valence-corrected chi connectivity index (χ1v) is 6.46. The van der Waals surface area contributed by atoms with E-state index in [2.05, 4.69) is 25.9 Å². The first-order chi connectivity index (χ1) is 8.95. The summed E-state index contributed by atoms with van der Waals surface area (Å²) in [7, 11) is 0. The minimum absolute atomic E-state index is 0.106. The van der Waals surface area contributed by atoms with Gasteiger partial charge in [-0.05, 0) is 31.2 Å². The third-order valence-electron chi connectivity index (χ3n) is 2.20. The molecule has 0 unspecified atom stereocenters. The lowest BCUT2D eigenvalue weighted by molar-refractivity contribution is 0.440. The summed E-state index contributed by atoms with van der Waals surface area (Å²) < 4.78 is 6.36. The second-order valence-corrected chi connectivity index (χ2v) is 5.09. The number of amidine groups is 1. The molecule has 1 heterocycles. The number of ether oxygens (including phenoxy) is 1. The molecular formula is C12H10BrClN4O. The van der Waals surface area contributed by atoms with Crippen LogP contribution in [0.2, 0.25) is 5.02 Å². The van der Waals surface area contributed by atoms with Crippen LogP contribution in [0.4, 0.5) is 0 Å². The zero-order valence-corrected chi connectivity index (χ0v) is 12.3. The van der Waals surface area contributed by atoms with Crippen molar-refractivity contribution in [3.63, 3.8) is 0 Å². The molecule has 0 amide bonds. The monoisotopic (exact) mass is 340 g/mol. The topological polar surface area (TPSA) is 84.9 Å². The highest BCUT2D eigenvalue weighted by Gasteiger charge is 2.09. The highest BCUT2D eigenvalue weighted by Crippen LogP contribution is 2.30. The molecule has 0 aliphatic carbocycles. The molecule has 1 aromatic heterocycles. The standard InChI is InChI=1S/C12H10BrClN4O/c1-6-4-9(11(15)16)18-12(17-6)19-10-3-2-7(13)5-8(10)14/h2-5H,1H3,(H3,15,16). The average Bonchev–Trinajstić information content (AvgIpc) is 2.32. The predicted octanol–water partition coefficient (Wildman–Crippen LogP) is 3.28. The molecule has 0 saturated heterocycles. The van der Waals surface area contributed by atoms with Crippen molar-refractivity contribution in [2.75, 3.05) is 0 Å². The first-order valence-electron chi connectivity index (χ1n) is 5.28. The van der Waals surface area contributed by atoms with E-state index >= 15 is 0 Å². The minimum Gasteiger partial charge on any atom is -0.423 e. The molecular weight excluding hydrogens is 332 g/mol. The maximum Gasteiger partial charge on any atom is 0.322 e. The van der Waals surface area contributed by atoms with E-state index in [1.54, 1.807) is 31.2 Å². The van der Waals surface area contributed by atoms with E-state index in [1.807, 2.05) is 0 Å². The van der Waals surface area contributed by atoms with Crippen LogP contribution in [0.5, 0.6) is 11.8 Å². The van der Waals surface area contributed by atoms with E-state index in [1.165, 1.54) is 0 Å². The van der Waals surface area contributed by atoms with Crippen molar-refractivity contribution in [2.45, 2.75) is 6.92 Å². The molecule has 0 radical (unpaired) electrons. The van der Waals surface area contributed by atoms with Crippen LogP contribution in [0.15, 0.2) is 28.7 Å². The van der Waals surface area contributed by atoms with Crippen LogP contribution in [0, 0.1) is 12.3 Å². The SMILES string of the molecule is Cc1cc(C(=N)N)nc(Oc2ccc(Br)cc2Cl)n1. The number of hydrogen-bond donors (Lipinski definition) is 2. The molecule has 3 N–H and O–H groups in total. The Labute approximate surface area is 123 Å². The molecule has 0 bridgehead atoms. The Kier molecular flexibility index (Phi) is 4.01. The van der Waals surface area contributed by atoms with Crippen LogP contribution in [0.3, 0.4) is 0 Å². The fourth-order valence-corrected chi connectivity index (χ4v) is 2.09. The fraction of sp³-hybridized carbons (Fsp3) is 0.0833. The first kappa shape index (κ1) is 13.8. The van der Waals surface area contributed by atoms with E-state index in [0.717, 1.165) is 4.47 Å². The molecule has 0 spiro atoms. The van der Waals surface area contributed by atoms with Crippen LogP contribution >= 0.6 is 27.5 Å². The lowest BCUT2D eigenvalue weighted by atomic mass is 10.3. The zero-order valence-electron chi connectivity index (χ0n) is 9.95. The van der Waals surface area contributed by atoms with Crippen molar-refractivity contribution in [3.05, 3.63) is 45.1 Å². The van der Waals surface area contributed by atoms with Crippen LogP contribution in [-0.2, 0) is 0 Å². The number of aryl methyl sites for hydroxylation is 1. The highest BCUT2D eigenvalue weighted by atomic mass is 79.9. The smallest absolute Gasteiger partial charge is 0.322 e. The molecule has 1 aromatic carbocycles. The van der Waals surface area contributed by atoms with E-state index in [4.69, 9.17) is 27.5 Å². The van der Waals surface area contributed by atoms with E-state index in [9.17, 15) is 0 Å². The second kappa shape index (κ2) is 5.54. The Morgan fingerprint density at radius 1 is 1.37 bits per heavy atom. The van der Waals surface area contributed by atoms with Crippen LogP contribution < -0.4 is 10.5 Å². The summed E-state index contributed by atoms with van der Waals surface area (Å²) in [6.07, 6.45) is 0. The summed E-state index contributed by atoms with van der Waals surface area (Å²) >= 11 is 9.35. The van der Waals surface area contributed by atoms with Crippen molar-refractivity contribution in [1.82, 2.24) is 9.97 Å². The summed E-state index contributed by atoms with van der Waals surface area (Å²) in [4.78, 5) is 8.16. The lowest BCUT2D eigenvalue weighted by Crippen LogP contribution is -2.14. The lowest BCUT2D eigenvalue weighted by Gasteiger charge is -2.08. The molecule has 7 heteroatoms. The summed E-state index contributed by atoms with van der Waals surface area (Å²) in [5.74, 6) is 0.294. The van der Waals surface area contributed by atoms with Crippen molar-refractivity contribution in [2.24, 2.45) is 5.73 Å². The van der Waals surface area contributed by atoms with Crippen molar-refractivity contribution in [3.8, 4) is 11.8 Å². The Hall–Kier alpha value is -1.66. The molecule has 0 atom stereocenters. The molecule has 0 aliphatic heterocycles. The van der Waals surface area contributed by atoms with Gasteiger partial charge >= 0.3 is 6.01 Å². The number of nitrogen functional groups attached to an aromatic ring is 1. The van der Waals surface area contributed by atoms with Crippen LogP contribution in [0.25, 0.3) is 0 Å². The molecule has 0 aliphatic rings. The van der Waals surface area contributed by atoms with Crippen LogP contribution in [0.1, 0.15) is 11.4 Å². The molecule has 2 aromatic rings. The maximum atomic E-state index is 7.38. The summed E-state index contributed by atoms with van der Waals surface area (Å²) in [6, 6.07) is 6.92. The highest BCUT2D eigenvalue weighted by molar-refractivity contribution is 9.10. The number of rotatable bonds is 3. The summed E-state index contributed by atoms with van der Waals surface area (Å²) in [5, 5.41) is 7.81. The molecule has 0 saturated carbocycles. The molecule has 0 fully saturated rings. The van der Waals surface area contributed by atoms with Gasteiger partial charge in [-0.3, -0.25) is 5.41 Å². The van der Waals surface area contributed by atoms with Gasteiger partial charge in [0.2, 0.25) is 0 Å². The normalized spacial score (nSPS) is 10.3. The van der Waals surface area contributed by atoms with Gasteiger partial charge in [0.25, 0.3) is 0 Å². The van der Waals surface area contributed by atoms with Gasteiger partial charge in [-0.15, -0.1) is 0 Å².